The van der Waals surface area contributed by atoms with Crippen molar-refractivity contribution in [2.75, 3.05) is 5.32 Å². The van der Waals surface area contributed by atoms with E-state index in [1.54, 1.807) is 68.7 Å². The Bertz CT molecular complexity index is 1460. The Balaban J connectivity index is 1.33. The summed E-state index contributed by atoms with van der Waals surface area (Å²) in [5, 5.41) is 10.7. The number of rotatable bonds is 8. The molecule has 0 atom stereocenters. The molecule has 1 N–H and O–H groups in total. The first-order valence-electron chi connectivity index (χ1n) is 11.4. The number of amides is 1. The first-order chi connectivity index (χ1) is 17.1. The minimum atomic E-state index is -3.34. The van der Waals surface area contributed by atoms with Gasteiger partial charge < -0.3 is 10.1 Å². The van der Waals surface area contributed by atoms with Crippen LogP contribution < -0.4 is 10.1 Å². The number of nitrogens with one attached hydrogen (secondary N) is 1. The Hall–Kier alpha value is -4.05. The molecule has 0 unspecified atom stereocenters. The summed E-state index contributed by atoms with van der Waals surface area (Å²) in [6.07, 6.45) is 1.83. The number of anilines is 1. The van der Waals surface area contributed by atoms with E-state index in [0.29, 0.717) is 23.1 Å². The van der Waals surface area contributed by atoms with E-state index in [-0.39, 0.29) is 17.2 Å². The van der Waals surface area contributed by atoms with Gasteiger partial charge in [-0.3, -0.25) is 9.36 Å². The van der Waals surface area contributed by atoms with Crippen LogP contribution in [0.3, 0.4) is 0 Å². The highest BCUT2D eigenvalue weighted by Crippen LogP contribution is 2.22. The number of hydrogen-bond acceptors (Lipinski definition) is 7. The smallest absolute Gasteiger partial charge is 0.238 e. The summed E-state index contributed by atoms with van der Waals surface area (Å²) in [4.78, 5) is 17.0. The van der Waals surface area contributed by atoms with Gasteiger partial charge in [0.25, 0.3) is 0 Å². The number of ether oxygens (including phenoxy) is 1. The maximum Gasteiger partial charge on any atom is 0.238 e. The van der Waals surface area contributed by atoms with Crippen LogP contribution in [0.15, 0.2) is 71.9 Å². The fourth-order valence-electron chi connectivity index (χ4n) is 3.41. The number of carbonyl (C=O) groups is 1. The Kier molecular flexibility index (Phi) is 7.16. The lowest BCUT2D eigenvalue weighted by Gasteiger charge is -2.10. The number of aromatic nitrogens is 4. The maximum atomic E-state index is 12.4. The lowest BCUT2D eigenvalue weighted by molar-refractivity contribution is -0.115. The second kappa shape index (κ2) is 10.3. The summed E-state index contributed by atoms with van der Waals surface area (Å²) in [6.45, 7) is 7.18. The summed E-state index contributed by atoms with van der Waals surface area (Å²) in [6, 6.07) is 16.8. The third kappa shape index (κ3) is 5.60. The first kappa shape index (κ1) is 25.1. The summed E-state index contributed by atoms with van der Waals surface area (Å²) in [5.41, 5.74) is 3.25. The number of benzene rings is 2. The second-order valence-corrected chi connectivity index (χ2v) is 11.1. The van der Waals surface area contributed by atoms with E-state index >= 15 is 0 Å². The van der Waals surface area contributed by atoms with E-state index in [0.717, 1.165) is 17.0 Å². The van der Waals surface area contributed by atoms with Crippen molar-refractivity contribution in [3.8, 4) is 17.4 Å². The molecule has 0 saturated carbocycles. The van der Waals surface area contributed by atoms with Gasteiger partial charge in [0.1, 0.15) is 12.1 Å². The number of imidazole rings is 1. The van der Waals surface area contributed by atoms with Crippen molar-refractivity contribution in [3.63, 3.8) is 0 Å². The molecule has 10 heteroatoms. The molecule has 0 saturated heterocycles. The molecule has 0 bridgehead atoms. The molecule has 2 heterocycles. The van der Waals surface area contributed by atoms with Crippen molar-refractivity contribution >= 4 is 21.4 Å². The fraction of sp³-hybridized carbons (Fsp3) is 0.231. The monoisotopic (exact) mass is 505 g/mol. The predicted octanol–water partition coefficient (Wildman–Crippen LogP) is 4.43. The zero-order chi connectivity index (χ0) is 25.9. The van der Waals surface area contributed by atoms with Crippen molar-refractivity contribution < 1.29 is 17.9 Å². The van der Waals surface area contributed by atoms with Crippen LogP contribution >= 0.6 is 0 Å². The Morgan fingerprint density at radius 2 is 1.67 bits per heavy atom. The molecular weight excluding hydrogens is 478 g/mol. The quantitative estimate of drug-likeness (QED) is 0.376. The minimum absolute atomic E-state index is 0.123. The zero-order valence-electron chi connectivity index (χ0n) is 20.5. The maximum absolute atomic E-state index is 12.4. The highest BCUT2D eigenvalue weighted by Gasteiger charge is 2.19. The van der Waals surface area contributed by atoms with Gasteiger partial charge in [-0.25, -0.2) is 13.4 Å². The van der Waals surface area contributed by atoms with Crippen molar-refractivity contribution in [1.82, 2.24) is 19.7 Å². The zero-order valence-corrected chi connectivity index (χ0v) is 21.3. The van der Waals surface area contributed by atoms with E-state index in [1.165, 1.54) is 12.1 Å². The van der Waals surface area contributed by atoms with Gasteiger partial charge in [0.05, 0.1) is 22.3 Å². The molecule has 1 amide bonds. The van der Waals surface area contributed by atoms with E-state index < -0.39 is 15.1 Å². The lowest BCUT2D eigenvalue weighted by atomic mass is 10.1. The summed E-state index contributed by atoms with van der Waals surface area (Å²) in [5.74, 6) is 1.32. The Morgan fingerprint density at radius 1 is 0.972 bits per heavy atom. The summed E-state index contributed by atoms with van der Waals surface area (Å²) < 4.78 is 32.1. The van der Waals surface area contributed by atoms with Crippen LogP contribution in [0.25, 0.3) is 5.82 Å². The molecule has 0 spiro atoms. The van der Waals surface area contributed by atoms with Crippen molar-refractivity contribution in [3.05, 3.63) is 83.9 Å². The molecule has 2 aromatic carbocycles. The van der Waals surface area contributed by atoms with Crippen LogP contribution in [0.2, 0.25) is 0 Å². The average Bonchev–Trinajstić information content (AvgIpc) is 3.19. The third-order valence-corrected chi connectivity index (χ3v) is 7.89. The third-order valence-electron chi connectivity index (χ3n) is 5.72. The van der Waals surface area contributed by atoms with Gasteiger partial charge in [-0.15, -0.1) is 10.2 Å². The molecular formula is C26H27N5O4S. The summed E-state index contributed by atoms with van der Waals surface area (Å²) in [7, 11) is -3.34. The van der Waals surface area contributed by atoms with Crippen LogP contribution in [0.5, 0.6) is 11.6 Å². The van der Waals surface area contributed by atoms with Crippen LogP contribution in [-0.2, 0) is 21.1 Å². The molecule has 186 valence electrons. The van der Waals surface area contributed by atoms with Crippen molar-refractivity contribution in [2.24, 2.45) is 0 Å². The van der Waals surface area contributed by atoms with Crippen LogP contribution in [0.4, 0.5) is 5.69 Å². The molecule has 36 heavy (non-hydrogen) atoms. The molecule has 0 aliphatic rings. The molecule has 0 aliphatic heterocycles. The van der Waals surface area contributed by atoms with E-state index in [4.69, 9.17) is 4.74 Å². The van der Waals surface area contributed by atoms with Gasteiger partial charge in [0.15, 0.2) is 15.7 Å². The van der Waals surface area contributed by atoms with Gasteiger partial charge >= 0.3 is 0 Å². The van der Waals surface area contributed by atoms with Crippen molar-refractivity contribution in [1.29, 1.82) is 0 Å². The molecule has 2 aromatic heterocycles. The molecule has 4 rings (SSSR count). The average molecular weight is 506 g/mol. The number of carbonyl (C=O) groups excluding carboxylic acids is 1. The minimum Gasteiger partial charge on any atom is -0.438 e. The summed E-state index contributed by atoms with van der Waals surface area (Å²) >= 11 is 0. The Labute approximate surface area is 210 Å². The highest BCUT2D eigenvalue weighted by molar-refractivity contribution is 7.92. The van der Waals surface area contributed by atoms with Gasteiger partial charge in [0, 0.05) is 17.4 Å². The molecule has 0 radical (unpaired) electrons. The normalized spacial score (nSPS) is 11.5. The number of aryl methyl sites for hydroxylation is 1. The van der Waals surface area contributed by atoms with Crippen LogP contribution in [0.1, 0.15) is 30.8 Å². The topological polar surface area (TPSA) is 116 Å². The SMILES string of the molecule is Cc1ncn(-c2ccc(Oc3ccc(NC(=O)Cc4ccc(S(=O)(=O)C(C)C)cc4)cc3)nn2)c1C. The number of nitrogens with zero attached hydrogens (tertiary/aromatic N) is 4. The van der Waals surface area contributed by atoms with Gasteiger partial charge in [-0.1, -0.05) is 12.1 Å². The van der Waals surface area contributed by atoms with Gasteiger partial charge in [-0.2, -0.15) is 0 Å². The van der Waals surface area contributed by atoms with Gasteiger partial charge in [-0.05, 0) is 75.7 Å². The Morgan fingerprint density at radius 3 is 2.22 bits per heavy atom. The highest BCUT2D eigenvalue weighted by atomic mass is 32.2. The largest absolute Gasteiger partial charge is 0.438 e. The lowest BCUT2D eigenvalue weighted by Crippen LogP contribution is -2.15. The second-order valence-electron chi connectivity index (χ2n) is 8.60. The molecule has 0 aliphatic carbocycles. The fourth-order valence-corrected chi connectivity index (χ4v) is 4.47. The number of hydrogen-bond donors (Lipinski definition) is 1. The van der Waals surface area contributed by atoms with Crippen LogP contribution in [0, 0.1) is 13.8 Å². The molecule has 0 fully saturated rings. The van der Waals surface area contributed by atoms with Crippen molar-refractivity contribution in [2.45, 2.75) is 44.3 Å². The molecule has 9 nitrogen and oxygen atoms in total. The van der Waals surface area contributed by atoms with Gasteiger partial charge in [0.2, 0.25) is 11.8 Å². The number of sulfone groups is 1. The predicted molar refractivity (Wildman–Crippen MR) is 136 cm³/mol. The van der Waals surface area contributed by atoms with E-state index in [1.807, 2.05) is 18.4 Å². The van der Waals surface area contributed by atoms with Crippen LogP contribution in [-0.4, -0.2) is 39.3 Å². The molecule has 4 aromatic rings. The van der Waals surface area contributed by atoms with E-state index in [2.05, 4.69) is 20.5 Å². The standard InChI is InChI=1S/C26H27N5O4S/c1-17(2)36(33,34)23-11-5-20(6-12-23)15-25(32)28-21-7-9-22(10-8-21)35-26-14-13-24(29-30-26)31-16-27-18(3)19(31)4/h5-14,16-17H,15H2,1-4H3,(H,28,32). The van der Waals surface area contributed by atoms with E-state index in [9.17, 15) is 13.2 Å². The first-order valence-corrected chi connectivity index (χ1v) is 12.9.